The molecule has 0 saturated carbocycles. The number of aliphatic hydroxyl groups is 1. The Morgan fingerprint density at radius 2 is 1.89 bits per heavy atom. The van der Waals surface area contributed by atoms with Crippen LogP contribution in [0.1, 0.15) is 18.4 Å². The van der Waals surface area contributed by atoms with Crippen LogP contribution in [0.5, 0.6) is 5.75 Å². The molecule has 2 fully saturated rings. The Labute approximate surface area is 166 Å². The highest BCUT2D eigenvalue weighted by atomic mass is 32.2. The van der Waals surface area contributed by atoms with Crippen LogP contribution in [0.4, 0.5) is 0 Å². The molecule has 2 aliphatic heterocycles. The number of aliphatic hydroxyl groups excluding tert-OH is 1. The lowest BCUT2D eigenvalue weighted by Crippen LogP contribution is -2.40. The largest absolute Gasteiger partial charge is 0.491 e. The van der Waals surface area contributed by atoms with E-state index >= 15 is 0 Å². The second kappa shape index (κ2) is 10.3. The van der Waals surface area contributed by atoms with E-state index < -0.39 is 6.10 Å². The number of nitrogens with zero attached hydrogens (tertiary/aromatic N) is 2. The number of carbonyl (C=O) groups excluding carboxylic acids is 1. The van der Waals surface area contributed by atoms with Crippen molar-refractivity contribution >= 4 is 17.7 Å². The monoisotopic (exact) mass is 393 g/mol. The summed E-state index contributed by atoms with van der Waals surface area (Å²) in [5.41, 5.74) is 6.54. The maximum Gasteiger partial charge on any atom is 0.220 e. The molecule has 6 nitrogen and oxygen atoms in total. The maximum atomic E-state index is 11.3. The summed E-state index contributed by atoms with van der Waals surface area (Å²) in [6.45, 7) is 5.60. The number of para-hydroxylation sites is 1. The number of nitrogens with two attached hydrogens (primary N) is 1. The van der Waals surface area contributed by atoms with Crippen LogP contribution in [0.15, 0.2) is 24.3 Å². The lowest BCUT2D eigenvalue weighted by molar-refractivity contribution is -0.123. The third-order valence-electron chi connectivity index (χ3n) is 5.36. The molecule has 1 amide bonds. The van der Waals surface area contributed by atoms with Gasteiger partial charge in [0.2, 0.25) is 5.91 Å². The quantitative estimate of drug-likeness (QED) is 0.690. The van der Waals surface area contributed by atoms with Crippen molar-refractivity contribution in [3.8, 4) is 5.75 Å². The van der Waals surface area contributed by atoms with Gasteiger partial charge in [0.1, 0.15) is 18.5 Å². The number of piperidine rings is 1. The predicted molar refractivity (Wildman–Crippen MR) is 109 cm³/mol. The van der Waals surface area contributed by atoms with Crippen molar-refractivity contribution in [3.05, 3.63) is 29.8 Å². The van der Waals surface area contributed by atoms with E-state index in [0.717, 1.165) is 68.4 Å². The lowest BCUT2D eigenvalue weighted by atomic mass is 9.96. The van der Waals surface area contributed by atoms with Crippen LogP contribution in [-0.2, 0) is 11.3 Å². The Hall–Kier alpha value is -1.28. The molecular formula is C20H31N3O3S. The molecule has 3 rings (SSSR count). The molecule has 1 aromatic carbocycles. The number of likely N-dealkylation sites (tertiary alicyclic amines) is 1. The summed E-state index contributed by atoms with van der Waals surface area (Å²) in [4.78, 5) is 16.0. The third-order valence-corrected chi connectivity index (χ3v) is 6.30. The molecule has 0 bridgehead atoms. The molecule has 150 valence electrons. The number of thioether (sulfide) groups is 1. The van der Waals surface area contributed by atoms with E-state index in [2.05, 4.69) is 15.9 Å². The fourth-order valence-electron chi connectivity index (χ4n) is 3.71. The van der Waals surface area contributed by atoms with Gasteiger partial charge >= 0.3 is 0 Å². The summed E-state index contributed by atoms with van der Waals surface area (Å²) in [5.74, 6) is 2.95. The molecule has 2 saturated heterocycles. The summed E-state index contributed by atoms with van der Waals surface area (Å²) in [6.07, 6.45) is 1.17. The fourth-order valence-corrected chi connectivity index (χ4v) is 4.69. The molecule has 0 aliphatic carbocycles. The predicted octanol–water partition coefficient (Wildman–Crippen LogP) is 1.17. The lowest BCUT2D eigenvalue weighted by Gasteiger charge is -2.31. The second-order valence-corrected chi connectivity index (χ2v) is 8.66. The number of hydrogen-bond acceptors (Lipinski definition) is 6. The highest BCUT2D eigenvalue weighted by Gasteiger charge is 2.23. The average Bonchev–Trinajstić information content (AvgIpc) is 2.68. The molecule has 2 aliphatic rings. The standard InChI is InChI=1S/C20H31N3O3S/c21-20(25)16-5-7-22(8-6-16)13-17-3-1-2-4-19(17)26-15-18(24)14-23-9-11-27-12-10-23/h1-4,16,18,24H,5-15H2,(H2,21,25)/t18-/m1/s1. The van der Waals surface area contributed by atoms with Gasteiger partial charge in [0.05, 0.1) is 0 Å². The number of rotatable bonds is 8. The highest BCUT2D eigenvalue weighted by molar-refractivity contribution is 7.99. The molecule has 0 unspecified atom stereocenters. The van der Waals surface area contributed by atoms with Crippen molar-refractivity contribution in [2.75, 3.05) is 50.8 Å². The number of primary amides is 1. The zero-order valence-electron chi connectivity index (χ0n) is 15.9. The normalized spacial score (nSPS) is 21.1. The van der Waals surface area contributed by atoms with Crippen LogP contribution in [0.2, 0.25) is 0 Å². The minimum Gasteiger partial charge on any atom is -0.491 e. The van der Waals surface area contributed by atoms with Gasteiger partial charge in [0.15, 0.2) is 0 Å². The first-order valence-corrected chi connectivity index (χ1v) is 11.0. The van der Waals surface area contributed by atoms with Gasteiger partial charge in [-0.1, -0.05) is 18.2 Å². The van der Waals surface area contributed by atoms with Crippen molar-refractivity contribution in [3.63, 3.8) is 0 Å². The van der Waals surface area contributed by atoms with Gasteiger partial charge in [-0.05, 0) is 32.0 Å². The summed E-state index contributed by atoms with van der Waals surface area (Å²) < 4.78 is 5.96. The van der Waals surface area contributed by atoms with E-state index in [0.29, 0.717) is 13.2 Å². The van der Waals surface area contributed by atoms with Gasteiger partial charge in [-0.3, -0.25) is 14.6 Å². The summed E-state index contributed by atoms with van der Waals surface area (Å²) in [7, 11) is 0. The van der Waals surface area contributed by atoms with Gasteiger partial charge < -0.3 is 15.6 Å². The highest BCUT2D eigenvalue weighted by Crippen LogP contribution is 2.24. The number of hydrogen-bond donors (Lipinski definition) is 2. The number of benzene rings is 1. The minimum absolute atomic E-state index is 0.0103. The molecule has 0 aromatic heterocycles. The zero-order valence-corrected chi connectivity index (χ0v) is 16.7. The topological polar surface area (TPSA) is 79.0 Å². The molecule has 2 heterocycles. The Morgan fingerprint density at radius 1 is 1.19 bits per heavy atom. The van der Waals surface area contributed by atoms with Gasteiger partial charge in [-0.25, -0.2) is 0 Å². The Kier molecular flexibility index (Phi) is 7.81. The van der Waals surface area contributed by atoms with Crippen molar-refractivity contribution in [2.24, 2.45) is 11.7 Å². The number of carbonyl (C=O) groups is 1. The maximum absolute atomic E-state index is 11.3. The third kappa shape index (κ3) is 6.38. The summed E-state index contributed by atoms with van der Waals surface area (Å²) in [5, 5.41) is 10.3. The first-order chi connectivity index (χ1) is 13.1. The Morgan fingerprint density at radius 3 is 2.59 bits per heavy atom. The number of β-amino-alcohol motifs (C(OH)–C–C–N with tert-alkyl or cyclic N) is 1. The molecule has 27 heavy (non-hydrogen) atoms. The van der Waals surface area contributed by atoms with Crippen LogP contribution >= 0.6 is 11.8 Å². The van der Waals surface area contributed by atoms with Crippen molar-refractivity contribution in [2.45, 2.75) is 25.5 Å². The van der Waals surface area contributed by atoms with Crippen molar-refractivity contribution < 1.29 is 14.6 Å². The first kappa shape index (κ1) is 20.5. The van der Waals surface area contributed by atoms with E-state index in [1.807, 2.05) is 30.0 Å². The van der Waals surface area contributed by atoms with Crippen LogP contribution in [-0.4, -0.2) is 77.8 Å². The van der Waals surface area contributed by atoms with E-state index in [4.69, 9.17) is 10.5 Å². The second-order valence-electron chi connectivity index (χ2n) is 7.44. The van der Waals surface area contributed by atoms with Crippen molar-refractivity contribution in [1.29, 1.82) is 0 Å². The zero-order chi connectivity index (χ0) is 19.1. The van der Waals surface area contributed by atoms with E-state index in [1.165, 1.54) is 0 Å². The number of ether oxygens (including phenoxy) is 1. The van der Waals surface area contributed by atoms with Crippen molar-refractivity contribution in [1.82, 2.24) is 9.80 Å². The van der Waals surface area contributed by atoms with Crippen LogP contribution in [0.25, 0.3) is 0 Å². The van der Waals surface area contributed by atoms with E-state index in [1.54, 1.807) is 0 Å². The molecule has 7 heteroatoms. The SMILES string of the molecule is NC(=O)C1CCN(Cc2ccccc2OC[C@H](O)CN2CCSCC2)CC1. The molecule has 1 aromatic rings. The molecule has 1 atom stereocenters. The van der Waals surface area contributed by atoms with Crippen LogP contribution in [0.3, 0.4) is 0 Å². The van der Waals surface area contributed by atoms with E-state index in [9.17, 15) is 9.90 Å². The average molecular weight is 394 g/mol. The van der Waals surface area contributed by atoms with Crippen LogP contribution in [0, 0.1) is 5.92 Å². The minimum atomic E-state index is -0.479. The summed E-state index contributed by atoms with van der Waals surface area (Å²) >= 11 is 1.97. The van der Waals surface area contributed by atoms with Gasteiger partial charge in [-0.15, -0.1) is 0 Å². The fraction of sp³-hybridized carbons (Fsp3) is 0.650. The molecule has 0 spiro atoms. The Balaban J connectivity index is 1.48. The molecule has 0 radical (unpaired) electrons. The van der Waals surface area contributed by atoms with Gasteiger partial charge in [0, 0.05) is 49.2 Å². The van der Waals surface area contributed by atoms with Gasteiger partial charge in [0.25, 0.3) is 0 Å². The summed E-state index contributed by atoms with van der Waals surface area (Å²) in [6, 6.07) is 8.02. The van der Waals surface area contributed by atoms with Crippen LogP contribution < -0.4 is 10.5 Å². The van der Waals surface area contributed by atoms with E-state index in [-0.39, 0.29) is 11.8 Å². The first-order valence-electron chi connectivity index (χ1n) is 9.82. The molecular weight excluding hydrogens is 362 g/mol. The Bertz CT molecular complexity index is 602. The van der Waals surface area contributed by atoms with Gasteiger partial charge in [-0.2, -0.15) is 11.8 Å². The smallest absolute Gasteiger partial charge is 0.220 e. The number of amides is 1. The molecule has 3 N–H and O–H groups in total.